The van der Waals surface area contributed by atoms with Crippen molar-refractivity contribution in [1.82, 2.24) is 0 Å². The predicted molar refractivity (Wildman–Crippen MR) is 115 cm³/mol. The lowest BCUT2D eigenvalue weighted by Crippen LogP contribution is -1.81. The van der Waals surface area contributed by atoms with Gasteiger partial charge in [-0.15, -0.1) is 0 Å². The Morgan fingerprint density at radius 1 is 0.407 bits per heavy atom. The van der Waals surface area contributed by atoms with Crippen LogP contribution in [0.15, 0.2) is 137 Å². The van der Waals surface area contributed by atoms with E-state index >= 15 is 0 Å². The van der Waals surface area contributed by atoms with Crippen LogP contribution < -0.4 is 0 Å². The first kappa shape index (κ1) is 18.2. The summed E-state index contributed by atoms with van der Waals surface area (Å²) >= 11 is 5.04. The molecule has 4 aromatic rings. The second-order valence-electron chi connectivity index (χ2n) is 5.68. The van der Waals surface area contributed by atoms with Crippen LogP contribution in [0.5, 0.6) is 0 Å². The molecule has 4 rings (SSSR count). The molecule has 0 aliphatic carbocycles. The molecule has 132 valence electrons. The molecule has 0 saturated heterocycles. The van der Waals surface area contributed by atoms with Gasteiger partial charge in [0.1, 0.15) is 0 Å². The summed E-state index contributed by atoms with van der Waals surface area (Å²) in [7, 11) is 0. The Kier molecular flexibility index (Phi) is 6.20. The Labute approximate surface area is 172 Å². The Bertz CT molecular complexity index is 845. The molecule has 0 spiro atoms. The van der Waals surface area contributed by atoms with E-state index in [1.807, 2.05) is 42.5 Å². The van der Waals surface area contributed by atoms with Crippen molar-refractivity contribution in [3.05, 3.63) is 103 Å². The molecular weight excluding hydrogens is 388 g/mol. The molecular formula is C23H17OS3+. The molecule has 0 aliphatic heterocycles. The first-order chi connectivity index (χ1) is 13.3. The van der Waals surface area contributed by atoms with Crippen molar-refractivity contribution in [3.63, 3.8) is 0 Å². The van der Waals surface area contributed by atoms with Gasteiger partial charge in [-0.1, -0.05) is 66.4 Å². The average molecular weight is 406 g/mol. The van der Waals surface area contributed by atoms with Crippen molar-refractivity contribution < 1.29 is 4.42 Å². The number of hydrogen-bond donors (Lipinski definition) is 0. The fourth-order valence-corrected chi connectivity index (χ4v) is 5.21. The van der Waals surface area contributed by atoms with Crippen LogP contribution in [0.25, 0.3) is 0 Å². The third kappa shape index (κ3) is 5.42. The zero-order valence-electron chi connectivity index (χ0n) is 14.4. The van der Waals surface area contributed by atoms with Gasteiger partial charge in [-0.2, -0.15) is 4.42 Å². The molecule has 3 aromatic carbocycles. The number of hydrogen-bond acceptors (Lipinski definition) is 3. The van der Waals surface area contributed by atoms with Gasteiger partial charge in [-0.3, -0.25) is 0 Å². The van der Waals surface area contributed by atoms with Gasteiger partial charge >= 0.3 is 10.2 Å². The van der Waals surface area contributed by atoms with Gasteiger partial charge in [0.2, 0.25) is 0 Å². The molecule has 1 nitrogen and oxygen atoms in total. The summed E-state index contributed by atoms with van der Waals surface area (Å²) in [5.41, 5.74) is 0. The molecule has 1 aromatic heterocycles. The normalized spacial score (nSPS) is 10.7. The van der Waals surface area contributed by atoms with Crippen LogP contribution in [0, 0.1) is 0 Å². The van der Waals surface area contributed by atoms with Crippen molar-refractivity contribution >= 4 is 35.3 Å². The first-order valence-electron chi connectivity index (χ1n) is 8.52. The van der Waals surface area contributed by atoms with Crippen molar-refractivity contribution in [2.75, 3.05) is 0 Å². The second-order valence-corrected chi connectivity index (χ2v) is 8.98. The number of benzene rings is 3. The molecule has 0 radical (unpaired) electrons. The van der Waals surface area contributed by atoms with E-state index in [9.17, 15) is 0 Å². The topological polar surface area (TPSA) is 11.3 Å². The lowest BCUT2D eigenvalue weighted by molar-refractivity contribution is 0.369. The summed E-state index contributed by atoms with van der Waals surface area (Å²) in [5, 5.41) is 1.78. The smallest absolute Gasteiger partial charge is 0.192 e. The average Bonchev–Trinajstić information content (AvgIpc) is 2.70. The van der Waals surface area contributed by atoms with Crippen LogP contribution in [-0.2, 0) is 0 Å². The molecule has 0 aliphatic rings. The minimum atomic E-state index is 0.889. The van der Waals surface area contributed by atoms with Crippen molar-refractivity contribution in [3.8, 4) is 0 Å². The van der Waals surface area contributed by atoms with E-state index < -0.39 is 0 Å². The summed E-state index contributed by atoms with van der Waals surface area (Å²) in [6.45, 7) is 0. The van der Waals surface area contributed by atoms with E-state index in [1.54, 1.807) is 35.3 Å². The molecule has 0 unspecified atom stereocenters. The Balaban J connectivity index is 1.64. The lowest BCUT2D eigenvalue weighted by atomic mass is 10.4. The molecule has 0 amide bonds. The lowest BCUT2D eigenvalue weighted by Gasteiger charge is -2.01. The summed E-state index contributed by atoms with van der Waals surface area (Å²) in [4.78, 5) is 4.72. The van der Waals surface area contributed by atoms with Crippen LogP contribution in [0.4, 0.5) is 0 Å². The van der Waals surface area contributed by atoms with E-state index in [0.717, 1.165) is 10.2 Å². The van der Waals surface area contributed by atoms with E-state index in [1.165, 1.54) is 19.6 Å². The van der Waals surface area contributed by atoms with Crippen LogP contribution in [0.2, 0.25) is 0 Å². The van der Waals surface area contributed by atoms with Crippen molar-refractivity contribution in [2.45, 2.75) is 29.8 Å². The fourth-order valence-electron chi connectivity index (χ4n) is 2.43. The molecule has 4 heteroatoms. The third-order valence-corrected chi connectivity index (χ3v) is 6.42. The van der Waals surface area contributed by atoms with Crippen molar-refractivity contribution in [1.29, 1.82) is 0 Å². The van der Waals surface area contributed by atoms with Gasteiger partial charge in [-0.05, 0) is 36.4 Å². The van der Waals surface area contributed by atoms with Gasteiger partial charge in [0.05, 0.1) is 12.1 Å². The maximum Gasteiger partial charge on any atom is 0.394 e. The maximum atomic E-state index is 6.18. The fraction of sp³-hybridized carbons (Fsp3) is 0. The third-order valence-electron chi connectivity index (χ3n) is 3.62. The minimum absolute atomic E-state index is 0.889. The summed E-state index contributed by atoms with van der Waals surface area (Å²) in [6, 6.07) is 35.3. The van der Waals surface area contributed by atoms with E-state index in [2.05, 4.69) is 60.7 Å². The van der Waals surface area contributed by atoms with Gasteiger partial charge in [-0.25, -0.2) is 0 Å². The van der Waals surface area contributed by atoms with E-state index in [4.69, 9.17) is 4.42 Å². The highest BCUT2D eigenvalue weighted by Gasteiger charge is 2.19. The highest BCUT2D eigenvalue weighted by atomic mass is 32.2. The van der Waals surface area contributed by atoms with Crippen LogP contribution in [0.3, 0.4) is 0 Å². The highest BCUT2D eigenvalue weighted by Crippen LogP contribution is 2.38. The Morgan fingerprint density at radius 3 is 1.19 bits per heavy atom. The summed E-state index contributed by atoms with van der Waals surface area (Å²) < 4.78 is 6.18. The van der Waals surface area contributed by atoms with Gasteiger partial charge in [0.15, 0.2) is 0 Å². The predicted octanol–water partition coefficient (Wildman–Crippen LogP) is 8.01. The summed E-state index contributed by atoms with van der Waals surface area (Å²) in [6.07, 6.45) is 0. The molecule has 0 saturated carbocycles. The van der Waals surface area contributed by atoms with Crippen LogP contribution in [0.1, 0.15) is 0 Å². The molecule has 1 heterocycles. The van der Waals surface area contributed by atoms with E-state index in [0.29, 0.717) is 0 Å². The van der Waals surface area contributed by atoms with Crippen LogP contribution >= 0.6 is 35.3 Å². The minimum Gasteiger partial charge on any atom is -0.192 e. The largest absolute Gasteiger partial charge is 0.394 e. The van der Waals surface area contributed by atoms with Gasteiger partial charge in [0, 0.05) is 43.1 Å². The molecule has 27 heavy (non-hydrogen) atoms. The van der Waals surface area contributed by atoms with Gasteiger partial charge in [0.25, 0.3) is 0 Å². The second kappa shape index (κ2) is 9.18. The first-order valence-corrected chi connectivity index (χ1v) is 11.0. The molecule has 0 bridgehead atoms. The molecule has 0 fully saturated rings. The van der Waals surface area contributed by atoms with Crippen molar-refractivity contribution in [2.24, 2.45) is 0 Å². The zero-order valence-corrected chi connectivity index (χ0v) is 16.9. The highest BCUT2D eigenvalue weighted by molar-refractivity contribution is 8.00. The Morgan fingerprint density at radius 2 is 0.778 bits per heavy atom. The maximum absolute atomic E-state index is 6.18. The monoisotopic (exact) mass is 405 g/mol. The van der Waals surface area contributed by atoms with Gasteiger partial charge < -0.3 is 0 Å². The van der Waals surface area contributed by atoms with Crippen LogP contribution in [-0.4, -0.2) is 0 Å². The van der Waals surface area contributed by atoms with E-state index in [-0.39, 0.29) is 0 Å². The number of rotatable bonds is 6. The molecule has 0 atom stereocenters. The molecule has 0 N–H and O–H groups in total. The SMILES string of the molecule is c1ccc(Sc2cc(Sc3ccccc3)[o+]c(Sc3ccccc3)c2)cc1. The standard InChI is InChI=1S/C23H17OS3/c1-4-10-18(11-5-1)25-21-16-22(26-19-12-6-2-7-13-19)24-23(17-21)27-20-14-8-3-9-15-20/h1-17H/q+1. The quantitative estimate of drug-likeness (QED) is 0.301. The Hall–Kier alpha value is -2.14. The zero-order chi connectivity index (χ0) is 18.3. The summed E-state index contributed by atoms with van der Waals surface area (Å²) in [5.74, 6) is 0.